The van der Waals surface area contributed by atoms with Crippen LogP contribution in [0.2, 0.25) is 0 Å². The third-order valence-electron chi connectivity index (χ3n) is 9.09. The summed E-state index contributed by atoms with van der Waals surface area (Å²) >= 11 is 0. The van der Waals surface area contributed by atoms with Crippen LogP contribution in [0.1, 0.15) is 87.7 Å². The number of aryl methyl sites for hydroxylation is 1. The van der Waals surface area contributed by atoms with Crippen LogP contribution in [0, 0.1) is 25.1 Å². The maximum absolute atomic E-state index is 15.3. The van der Waals surface area contributed by atoms with Gasteiger partial charge in [-0.25, -0.2) is 8.78 Å². The highest BCUT2D eigenvalue weighted by atomic mass is 19.1. The Morgan fingerprint density at radius 3 is 2.51 bits per heavy atom. The highest BCUT2D eigenvalue weighted by Crippen LogP contribution is 2.41. The first-order valence-electron chi connectivity index (χ1n) is 15.9. The second-order valence-electron chi connectivity index (χ2n) is 13.5. The molecule has 6 heteroatoms. The SMILES string of the molecule is C=C(Nc1ccc(C(C)(C)F)cc1-c1ccc(C(C)CF)nc1)C1=C[C@@](C)(CCCC)CN(Cc2ccc(C)c(C)c2F)C1=C. The van der Waals surface area contributed by atoms with Gasteiger partial charge in [-0.05, 0) is 69.0 Å². The Morgan fingerprint density at radius 1 is 1.16 bits per heavy atom. The molecule has 0 saturated carbocycles. The number of unbranched alkanes of at least 4 members (excludes halogenated alkanes) is 1. The lowest BCUT2D eigenvalue weighted by Gasteiger charge is -2.42. The zero-order valence-electron chi connectivity index (χ0n) is 28.0. The number of alkyl halides is 2. The number of halogens is 3. The van der Waals surface area contributed by atoms with Crippen LogP contribution in [0.15, 0.2) is 84.9 Å². The molecule has 3 nitrogen and oxygen atoms in total. The number of benzene rings is 2. The van der Waals surface area contributed by atoms with Gasteiger partial charge in [0.15, 0.2) is 0 Å². The van der Waals surface area contributed by atoms with Gasteiger partial charge in [-0.15, -0.1) is 0 Å². The quantitative estimate of drug-likeness (QED) is 0.220. The number of hydrogen-bond acceptors (Lipinski definition) is 3. The molecule has 0 amide bonds. The number of rotatable bonds is 12. The third-order valence-corrected chi connectivity index (χ3v) is 9.09. The number of nitrogens with zero attached hydrogens (tertiary/aromatic N) is 2. The minimum Gasteiger partial charge on any atom is -0.366 e. The lowest BCUT2D eigenvalue weighted by Crippen LogP contribution is -2.39. The molecule has 1 N–H and O–H groups in total. The predicted molar refractivity (Wildman–Crippen MR) is 182 cm³/mol. The van der Waals surface area contributed by atoms with E-state index in [1.165, 1.54) is 13.8 Å². The maximum Gasteiger partial charge on any atom is 0.131 e. The van der Waals surface area contributed by atoms with Crippen LogP contribution in [0.5, 0.6) is 0 Å². The molecule has 0 saturated heterocycles. The molecule has 240 valence electrons. The lowest BCUT2D eigenvalue weighted by atomic mass is 9.78. The Morgan fingerprint density at radius 2 is 1.89 bits per heavy atom. The van der Waals surface area contributed by atoms with Crippen LogP contribution in [-0.2, 0) is 12.2 Å². The van der Waals surface area contributed by atoms with E-state index in [1.54, 1.807) is 19.2 Å². The molecular formula is C39H48F3N3. The van der Waals surface area contributed by atoms with Gasteiger partial charge in [-0.2, -0.15) is 0 Å². The molecule has 0 radical (unpaired) electrons. The molecule has 2 aromatic carbocycles. The van der Waals surface area contributed by atoms with Gasteiger partial charge in [0.25, 0.3) is 0 Å². The minimum absolute atomic E-state index is 0.174. The molecule has 0 aliphatic carbocycles. The summed E-state index contributed by atoms with van der Waals surface area (Å²) in [6.45, 7) is 22.5. The molecule has 45 heavy (non-hydrogen) atoms. The van der Waals surface area contributed by atoms with Crippen LogP contribution in [0.3, 0.4) is 0 Å². The Labute approximate surface area is 268 Å². The third kappa shape index (κ3) is 7.71. The molecule has 0 spiro atoms. The van der Waals surface area contributed by atoms with Gasteiger partial charge in [0.1, 0.15) is 11.5 Å². The van der Waals surface area contributed by atoms with E-state index < -0.39 is 12.3 Å². The summed E-state index contributed by atoms with van der Waals surface area (Å²) in [5.74, 6) is -0.480. The van der Waals surface area contributed by atoms with Crippen LogP contribution in [-0.4, -0.2) is 23.1 Å². The average molecular weight is 616 g/mol. The lowest BCUT2D eigenvalue weighted by molar-refractivity contribution is 0.209. The van der Waals surface area contributed by atoms with Gasteiger partial charge in [0.2, 0.25) is 0 Å². The number of aromatic nitrogens is 1. The van der Waals surface area contributed by atoms with Crippen molar-refractivity contribution in [2.75, 3.05) is 18.5 Å². The van der Waals surface area contributed by atoms with Crippen molar-refractivity contribution in [3.05, 3.63) is 119 Å². The van der Waals surface area contributed by atoms with Crippen molar-refractivity contribution in [3.63, 3.8) is 0 Å². The standard InChI is InChI=1S/C39H48F3N3/c1-10-11-18-39(9)20-34(29(6)45(24-39)23-31-13-12-25(2)27(4)37(31)41)28(5)44-36-17-15-32(38(7,8)42)19-33(36)30-14-16-35(43-22-30)26(3)21-40/h12-17,19-20,22,26,44H,5-6,10-11,18,21,23-24H2,1-4,7-9H3/t26?,39-/m1/s1. The van der Waals surface area contributed by atoms with Crippen LogP contribution >= 0.6 is 0 Å². The second kappa shape index (κ2) is 13.7. The summed E-state index contributed by atoms with van der Waals surface area (Å²) in [6.07, 6.45) is 7.07. The van der Waals surface area contributed by atoms with Gasteiger partial charge < -0.3 is 10.2 Å². The summed E-state index contributed by atoms with van der Waals surface area (Å²) in [6, 6.07) is 13.0. The molecule has 2 atom stereocenters. The van der Waals surface area contributed by atoms with Gasteiger partial charge in [-0.3, -0.25) is 9.37 Å². The maximum atomic E-state index is 15.3. The fourth-order valence-corrected chi connectivity index (χ4v) is 5.92. The topological polar surface area (TPSA) is 28.2 Å². The molecular weight excluding hydrogens is 567 g/mol. The van der Waals surface area contributed by atoms with Crippen LogP contribution < -0.4 is 5.32 Å². The molecule has 1 aliphatic heterocycles. The van der Waals surface area contributed by atoms with E-state index in [4.69, 9.17) is 0 Å². The fraction of sp³-hybridized carbons (Fsp3) is 0.410. The molecule has 1 aliphatic rings. The van der Waals surface area contributed by atoms with Crippen molar-refractivity contribution in [1.29, 1.82) is 0 Å². The predicted octanol–water partition coefficient (Wildman–Crippen LogP) is 10.9. The second-order valence-corrected chi connectivity index (χ2v) is 13.5. The summed E-state index contributed by atoms with van der Waals surface area (Å²) < 4.78 is 43.7. The largest absolute Gasteiger partial charge is 0.366 e. The fourth-order valence-electron chi connectivity index (χ4n) is 5.92. The smallest absolute Gasteiger partial charge is 0.131 e. The van der Waals surface area contributed by atoms with Crippen LogP contribution in [0.25, 0.3) is 11.1 Å². The van der Waals surface area contributed by atoms with Crippen molar-refractivity contribution in [3.8, 4) is 11.1 Å². The van der Waals surface area contributed by atoms with E-state index in [9.17, 15) is 4.39 Å². The van der Waals surface area contributed by atoms with Crippen molar-refractivity contribution < 1.29 is 13.2 Å². The van der Waals surface area contributed by atoms with Gasteiger partial charge in [0, 0.05) is 75.7 Å². The van der Waals surface area contributed by atoms with Crippen molar-refractivity contribution >= 4 is 5.69 Å². The number of pyridine rings is 1. The summed E-state index contributed by atoms with van der Waals surface area (Å²) in [5, 5.41) is 3.51. The molecule has 3 aromatic rings. The Hall–Kier alpha value is -3.80. The highest BCUT2D eigenvalue weighted by molar-refractivity contribution is 5.80. The Balaban J connectivity index is 1.72. The van der Waals surface area contributed by atoms with E-state index in [0.717, 1.165) is 59.5 Å². The Kier molecular flexibility index (Phi) is 10.4. The summed E-state index contributed by atoms with van der Waals surface area (Å²) in [4.78, 5) is 6.67. The molecule has 4 rings (SSSR count). The van der Waals surface area contributed by atoms with Gasteiger partial charge in [-0.1, -0.05) is 77.1 Å². The van der Waals surface area contributed by atoms with Gasteiger partial charge in [0.05, 0.1) is 6.67 Å². The summed E-state index contributed by atoms with van der Waals surface area (Å²) in [7, 11) is 0. The van der Waals surface area contributed by atoms with E-state index in [1.807, 2.05) is 50.2 Å². The number of anilines is 1. The monoisotopic (exact) mass is 615 g/mol. The molecule has 0 bridgehead atoms. The zero-order chi connectivity index (χ0) is 33.1. The Bertz CT molecular complexity index is 1580. The zero-order valence-corrected chi connectivity index (χ0v) is 28.0. The molecule has 0 fully saturated rings. The van der Waals surface area contributed by atoms with Gasteiger partial charge >= 0.3 is 0 Å². The molecule has 2 heterocycles. The molecule has 1 unspecified atom stereocenters. The normalized spacial score (nSPS) is 17.7. The minimum atomic E-state index is -1.55. The van der Waals surface area contributed by atoms with E-state index in [-0.39, 0.29) is 17.2 Å². The first kappa shape index (κ1) is 34.1. The van der Waals surface area contributed by atoms with E-state index in [2.05, 4.69) is 48.3 Å². The molecule has 1 aromatic heterocycles. The van der Waals surface area contributed by atoms with Crippen molar-refractivity contribution in [2.45, 2.75) is 85.9 Å². The first-order valence-corrected chi connectivity index (χ1v) is 15.9. The number of nitrogens with one attached hydrogen (secondary N) is 1. The first-order chi connectivity index (χ1) is 21.2. The average Bonchev–Trinajstić information content (AvgIpc) is 3.01. The van der Waals surface area contributed by atoms with Crippen molar-refractivity contribution in [1.82, 2.24) is 9.88 Å². The van der Waals surface area contributed by atoms with E-state index >= 15 is 8.78 Å². The van der Waals surface area contributed by atoms with Crippen LogP contribution in [0.4, 0.5) is 18.9 Å². The number of hydrogen-bond donors (Lipinski definition) is 1. The van der Waals surface area contributed by atoms with E-state index in [0.29, 0.717) is 34.6 Å². The summed E-state index contributed by atoms with van der Waals surface area (Å²) in [5.41, 5.74) is 6.28. The van der Waals surface area contributed by atoms with Crippen molar-refractivity contribution in [2.24, 2.45) is 5.41 Å². The highest BCUT2D eigenvalue weighted by Gasteiger charge is 2.33.